The van der Waals surface area contributed by atoms with Gasteiger partial charge in [0, 0.05) is 17.7 Å². The number of rotatable bonds is 3. The molecule has 2 aromatic carbocycles. The Bertz CT molecular complexity index is 967. The van der Waals surface area contributed by atoms with Gasteiger partial charge in [0.2, 0.25) is 12.0 Å². The SMILES string of the molecule is Brc1ccc(C2(c3nnc([C@H]4COc5ccccc5O4)o3)CCOCC2)cc1. The van der Waals surface area contributed by atoms with Crippen molar-refractivity contribution in [2.75, 3.05) is 19.8 Å². The van der Waals surface area contributed by atoms with Gasteiger partial charge >= 0.3 is 0 Å². The Balaban J connectivity index is 1.47. The van der Waals surface area contributed by atoms with E-state index in [1.807, 2.05) is 36.4 Å². The molecule has 2 aliphatic heterocycles. The number of fused-ring (bicyclic) bond motifs is 1. The van der Waals surface area contributed by atoms with E-state index in [9.17, 15) is 0 Å². The lowest BCUT2D eigenvalue weighted by molar-refractivity contribution is 0.0481. The van der Waals surface area contributed by atoms with Crippen LogP contribution in [0.2, 0.25) is 0 Å². The quantitative estimate of drug-likeness (QED) is 0.597. The van der Waals surface area contributed by atoms with E-state index < -0.39 is 6.10 Å². The summed E-state index contributed by atoms with van der Waals surface area (Å²) in [6.07, 6.45) is 1.17. The molecule has 1 aromatic heterocycles. The molecule has 0 radical (unpaired) electrons. The molecular formula is C21H19BrN2O4. The van der Waals surface area contributed by atoms with Crippen molar-refractivity contribution in [1.82, 2.24) is 10.2 Å². The van der Waals surface area contributed by atoms with E-state index in [1.54, 1.807) is 0 Å². The summed E-state index contributed by atoms with van der Waals surface area (Å²) in [5.41, 5.74) is 0.804. The lowest BCUT2D eigenvalue weighted by Crippen LogP contribution is -2.35. The lowest BCUT2D eigenvalue weighted by Gasteiger charge is -2.34. The van der Waals surface area contributed by atoms with Crippen LogP contribution in [0.5, 0.6) is 11.5 Å². The average Bonchev–Trinajstić information content (AvgIpc) is 3.25. The summed E-state index contributed by atoms with van der Waals surface area (Å²) in [5.74, 6) is 2.46. The number of nitrogens with zero attached hydrogens (tertiary/aromatic N) is 2. The van der Waals surface area contributed by atoms with Gasteiger partial charge in [-0.05, 0) is 42.7 Å². The van der Waals surface area contributed by atoms with Crippen LogP contribution in [0.3, 0.4) is 0 Å². The maximum atomic E-state index is 6.17. The Labute approximate surface area is 170 Å². The second-order valence-electron chi connectivity index (χ2n) is 7.01. The molecule has 28 heavy (non-hydrogen) atoms. The van der Waals surface area contributed by atoms with Gasteiger partial charge in [0.05, 0.1) is 5.41 Å². The summed E-state index contributed by atoms with van der Waals surface area (Å²) in [6, 6.07) is 15.9. The van der Waals surface area contributed by atoms with Gasteiger partial charge in [0.25, 0.3) is 5.89 Å². The van der Waals surface area contributed by atoms with E-state index in [-0.39, 0.29) is 5.41 Å². The van der Waals surface area contributed by atoms with Crippen LogP contribution in [0.15, 0.2) is 57.4 Å². The summed E-state index contributed by atoms with van der Waals surface area (Å²) < 4.78 is 24.6. The highest BCUT2D eigenvalue weighted by Crippen LogP contribution is 2.42. The van der Waals surface area contributed by atoms with Gasteiger partial charge < -0.3 is 18.6 Å². The van der Waals surface area contributed by atoms with Crippen molar-refractivity contribution in [3.8, 4) is 11.5 Å². The number of hydrogen-bond donors (Lipinski definition) is 0. The van der Waals surface area contributed by atoms with Crippen LogP contribution in [0.4, 0.5) is 0 Å². The Morgan fingerprint density at radius 3 is 2.46 bits per heavy atom. The topological polar surface area (TPSA) is 66.6 Å². The zero-order chi connectivity index (χ0) is 19.0. The van der Waals surface area contributed by atoms with E-state index in [0.29, 0.717) is 37.4 Å². The van der Waals surface area contributed by atoms with Gasteiger partial charge in [0.15, 0.2) is 11.5 Å². The molecular weight excluding hydrogens is 424 g/mol. The van der Waals surface area contributed by atoms with Gasteiger partial charge in [-0.3, -0.25) is 0 Å². The van der Waals surface area contributed by atoms with Crippen molar-refractivity contribution in [2.24, 2.45) is 0 Å². The molecule has 1 fully saturated rings. The van der Waals surface area contributed by atoms with Crippen LogP contribution in [-0.4, -0.2) is 30.0 Å². The van der Waals surface area contributed by atoms with Gasteiger partial charge in [0.1, 0.15) is 6.61 Å². The Hall–Kier alpha value is -2.38. The van der Waals surface area contributed by atoms with Crippen LogP contribution < -0.4 is 9.47 Å². The fourth-order valence-corrected chi connectivity index (χ4v) is 4.08. The maximum Gasteiger partial charge on any atom is 0.260 e. The molecule has 6 nitrogen and oxygen atoms in total. The van der Waals surface area contributed by atoms with E-state index in [1.165, 1.54) is 0 Å². The van der Waals surface area contributed by atoms with Crippen molar-refractivity contribution in [2.45, 2.75) is 24.4 Å². The van der Waals surface area contributed by atoms with Crippen LogP contribution in [0.1, 0.15) is 36.3 Å². The molecule has 0 bridgehead atoms. The normalized spacial score (nSPS) is 20.7. The summed E-state index contributed by atoms with van der Waals surface area (Å²) >= 11 is 3.51. The molecule has 3 heterocycles. The molecule has 2 aliphatic rings. The third-order valence-electron chi connectivity index (χ3n) is 5.38. The number of aromatic nitrogens is 2. The molecule has 144 valence electrons. The minimum absolute atomic E-state index is 0.340. The molecule has 5 rings (SSSR count). The monoisotopic (exact) mass is 442 g/mol. The van der Waals surface area contributed by atoms with Crippen LogP contribution in [0, 0.1) is 0 Å². The summed E-state index contributed by atoms with van der Waals surface area (Å²) in [4.78, 5) is 0. The van der Waals surface area contributed by atoms with Gasteiger partial charge in [-0.15, -0.1) is 10.2 Å². The second kappa shape index (κ2) is 7.22. The van der Waals surface area contributed by atoms with Crippen molar-refractivity contribution in [3.63, 3.8) is 0 Å². The molecule has 0 N–H and O–H groups in total. The molecule has 0 saturated carbocycles. The largest absolute Gasteiger partial charge is 0.485 e. The first-order chi connectivity index (χ1) is 13.7. The summed E-state index contributed by atoms with van der Waals surface area (Å²) in [5, 5.41) is 8.73. The standard InChI is InChI=1S/C21H19BrN2O4/c22-15-7-5-14(6-8-15)21(9-11-25-12-10-21)20-24-23-19(28-20)18-13-26-16-3-1-2-4-17(16)27-18/h1-8,18H,9-13H2/t18-/m1/s1. The predicted molar refractivity (Wildman–Crippen MR) is 105 cm³/mol. The Kier molecular flexibility index (Phi) is 4.56. The number of benzene rings is 2. The zero-order valence-corrected chi connectivity index (χ0v) is 16.7. The Morgan fingerprint density at radius 2 is 1.68 bits per heavy atom. The van der Waals surface area contributed by atoms with Gasteiger partial charge in [-0.1, -0.05) is 40.2 Å². The maximum absolute atomic E-state index is 6.17. The van der Waals surface area contributed by atoms with Crippen molar-refractivity contribution in [1.29, 1.82) is 0 Å². The van der Waals surface area contributed by atoms with E-state index >= 15 is 0 Å². The minimum Gasteiger partial charge on any atom is -0.485 e. The van der Waals surface area contributed by atoms with Crippen molar-refractivity contribution >= 4 is 15.9 Å². The predicted octanol–water partition coefficient (Wildman–Crippen LogP) is 4.44. The lowest BCUT2D eigenvalue weighted by atomic mass is 9.74. The number of hydrogen-bond acceptors (Lipinski definition) is 6. The smallest absolute Gasteiger partial charge is 0.260 e. The minimum atomic E-state index is -0.419. The Morgan fingerprint density at radius 1 is 0.929 bits per heavy atom. The fraction of sp³-hybridized carbons (Fsp3) is 0.333. The van der Waals surface area contributed by atoms with E-state index in [4.69, 9.17) is 18.6 Å². The fourth-order valence-electron chi connectivity index (χ4n) is 3.81. The summed E-state index contributed by atoms with van der Waals surface area (Å²) in [6.45, 7) is 1.65. The molecule has 0 aliphatic carbocycles. The number of halogens is 1. The van der Waals surface area contributed by atoms with Crippen molar-refractivity contribution in [3.05, 3.63) is 70.3 Å². The first-order valence-corrected chi connectivity index (χ1v) is 10.1. The molecule has 1 saturated heterocycles. The van der Waals surface area contributed by atoms with E-state index in [0.717, 1.165) is 28.6 Å². The van der Waals surface area contributed by atoms with Crippen LogP contribution in [-0.2, 0) is 10.2 Å². The van der Waals surface area contributed by atoms with Crippen LogP contribution in [0.25, 0.3) is 0 Å². The zero-order valence-electron chi connectivity index (χ0n) is 15.1. The average molecular weight is 443 g/mol. The van der Waals surface area contributed by atoms with Crippen molar-refractivity contribution < 1.29 is 18.6 Å². The number of ether oxygens (including phenoxy) is 3. The molecule has 0 spiro atoms. The third kappa shape index (κ3) is 3.08. The molecule has 0 amide bonds. The number of para-hydroxylation sites is 2. The summed E-state index contributed by atoms with van der Waals surface area (Å²) in [7, 11) is 0. The molecule has 7 heteroatoms. The molecule has 1 atom stereocenters. The van der Waals surface area contributed by atoms with E-state index in [2.05, 4.69) is 38.3 Å². The highest BCUT2D eigenvalue weighted by atomic mass is 79.9. The first-order valence-electron chi connectivity index (χ1n) is 9.31. The first kappa shape index (κ1) is 17.7. The van der Waals surface area contributed by atoms with Crippen LogP contribution >= 0.6 is 15.9 Å². The highest BCUT2D eigenvalue weighted by Gasteiger charge is 2.42. The third-order valence-corrected chi connectivity index (χ3v) is 5.91. The van der Waals surface area contributed by atoms with Gasteiger partial charge in [-0.25, -0.2) is 0 Å². The molecule has 0 unspecified atom stereocenters. The molecule has 3 aromatic rings. The second-order valence-corrected chi connectivity index (χ2v) is 7.93. The van der Waals surface area contributed by atoms with Gasteiger partial charge in [-0.2, -0.15) is 0 Å². The highest BCUT2D eigenvalue weighted by molar-refractivity contribution is 9.10.